The minimum Gasteiger partial charge on any atom is -0.481 e. The Balaban J connectivity index is 2.70. The van der Waals surface area contributed by atoms with E-state index in [1.165, 1.54) is 0 Å². The van der Waals surface area contributed by atoms with Crippen molar-refractivity contribution in [2.75, 3.05) is 0 Å². The van der Waals surface area contributed by atoms with E-state index in [9.17, 15) is 15.0 Å². The second-order valence-electron chi connectivity index (χ2n) is 4.66. The summed E-state index contributed by atoms with van der Waals surface area (Å²) in [5.74, 6) is -0.195. The first-order valence-electron chi connectivity index (χ1n) is 5.41. The number of hydrogen-bond donors (Lipinski definition) is 2. The molecule has 1 rings (SSSR count). The van der Waals surface area contributed by atoms with Gasteiger partial charge in [-0.15, -0.1) is 0 Å². The largest absolute Gasteiger partial charge is 0.481 e. The van der Waals surface area contributed by atoms with Gasteiger partial charge >= 0.3 is 5.97 Å². The molecule has 1 fully saturated rings. The maximum atomic E-state index is 11.2. The summed E-state index contributed by atoms with van der Waals surface area (Å²) in [5.41, 5.74) is -0.644. The summed E-state index contributed by atoms with van der Waals surface area (Å²) in [7, 11) is 0. The topological polar surface area (TPSA) is 57.5 Å². The molecular formula is C11H20O3. The van der Waals surface area contributed by atoms with Gasteiger partial charge in [0.1, 0.15) is 0 Å². The number of carboxylic acid groups (broad SMARTS) is 1. The molecule has 0 aromatic carbocycles. The quantitative estimate of drug-likeness (QED) is 0.730. The SMILES string of the molecule is CCC1CCC(CC(C)O)(C(=O)O)C1. The lowest BCUT2D eigenvalue weighted by Crippen LogP contribution is -2.31. The third-order valence-corrected chi connectivity index (χ3v) is 3.43. The second kappa shape index (κ2) is 4.30. The van der Waals surface area contributed by atoms with Gasteiger partial charge in [-0.05, 0) is 38.5 Å². The first-order chi connectivity index (χ1) is 6.50. The molecule has 0 saturated heterocycles. The van der Waals surface area contributed by atoms with Crippen LogP contribution in [0, 0.1) is 11.3 Å². The van der Waals surface area contributed by atoms with E-state index in [4.69, 9.17) is 0 Å². The number of aliphatic carboxylic acids is 1. The zero-order valence-electron chi connectivity index (χ0n) is 8.99. The molecule has 0 aliphatic heterocycles. The van der Waals surface area contributed by atoms with Crippen LogP contribution in [0.3, 0.4) is 0 Å². The highest BCUT2D eigenvalue weighted by atomic mass is 16.4. The van der Waals surface area contributed by atoms with Gasteiger partial charge in [0.05, 0.1) is 11.5 Å². The van der Waals surface area contributed by atoms with Gasteiger partial charge in [-0.3, -0.25) is 4.79 Å². The van der Waals surface area contributed by atoms with Crippen molar-refractivity contribution >= 4 is 5.97 Å². The Morgan fingerprint density at radius 3 is 2.64 bits per heavy atom. The van der Waals surface area contributed by atoms with Crippen LogP contribution in [0.4, 0.5) is 0 Å². The molecule has 0 radical (unpaired) electrons. The zero-order valence-corrected chi connectivity index (χ0v) is 8.99. The highest BCUT2D eigenvalue weighted by Gasteiger charge is 2.45. The van der Waals surface area contributed by atoms with Crippen LogP contribution in [0.1, 0.15) is 46.0 Å². The van der Waals surface area contributed by atoms with Crippen molar-refractivity contribution < 1.29 is 15.0 Å². The number of carboxylic acids is 1. The summed E-state index contributed by atoms with van der Waals surface area (Å²) in [4.78, 5) is 11.2. The first kappa shape index (κ1) is 11.5. The summed E-state index contributed by atoms with van der Waals surface area (Å²) in [6.45, 7) is 3.77. The van der Waals surface area contributed by atoms with Crippen molar-refractivity contribution in [1.82, 2.24) is 0 Å². The van der Waals surface area contributed by atoms with Crippen molar-refractivity contribution in [3.63, 3.8) is 0 Å². The fraction of sp³-hybridized carbons (Fsp3) is 0.909. The Labute approximate surface area is 85.1 Å². The van der Waals surface area contributed by atoms with Gasteiger partial charge in [0.15, 0.2) is 0 Å². The number of aliphatic hydroxyl groups is 1. The average Bonchev–Trinajstić information content (AvgIpc) is 2.48. The molecule has 0 heterocycles. The molecule has 0 spiro atoms. The van der Waals surface area contributed by atoms with Crippen molar-refractivity contribution in [2.45, 2.75) is 52.1 Å². The highest BCUT2D eigenvalue weighted by Crippen LogP contribution is 2.46. The summed E-state index contributed by atoms with van der Waals surface area (Å²) in [6.07, 6.45) is 3.40. The molecule has 3 unspecified atom stereocenters. The molecule has 3 atom stereocenters. The summed E-state index contributed by atoms with van der Waals surface area (Å²) < 4.78 is 0. The van der Waals surface area contributed by atoms with E-state index in [1.54, 1.807) is 6.92 Å². The minimum atomic E-state index is -0.727. The smallest absolute Gasteiger partial charge is 0.309 e. The predicted molar refractivity (Wildman–Crippen MR) is 54.0 cm³/mol. The number of aliphatic hydroxyl groups excluding tert-OH is 1. The number of hydrogen-bond acceptors (Lipinski definition) is 2. The fourth-order valence-electron chi connectivity index (χ4n) is 2.62. The van der Waals surface area contributed by atoms with Gasteiger partial charge in [-0.25, -0.2) is 0 Å². The van der Waals surface area contributed by atoms with E-state index < -0.39 is 17.5 Å². The van der Waals surface area contributed by atoms with Gasteiger partial charge in [0, 0.05) is 0 Å². The predicted octanol–water partition coefficient (Wildman–Crippen LogP) is 2.04. The van der Waals surface area contributed by atoms with Crippen LogP contribution in [-0.4, -0.2) is 22.3 Å². The van der Waals surface area contributed by atoms with Crippen molar-refractivity contribution in [3.8, 4) is 0 Å². The third-order valence-electron chi connectivity index (χ3n) is 3.43. The van der Waals surface area contributed by atoms with Crippen LogP contribution in [-0.2, 0) is 4.79 Å². The maximum absolute atomic E-state index is 11.2. The van der Waals surface area contributed by atoms with Crippen LogP contribution < -0.4 is 0 Å². The van der Waals surface area contributed by atoms with E-state index in [0.717, 1.165) is 25.7 Å². The van der Waals surface area contributed by atoms with Crippen LogP contribution in [0.25, 0.3) is 0 Å². The monoisotopic (exact) mass is 200 g/mol. The van der Waals surface area contributed by atoms with Gasteiger partial charge in [-0.2, -0.15) is 0 Å². The zero-order chi connectivity index (χ0) is 10.8. The van der Waals surface area contributed by atoms with Crippen LogP contribution in [0.15, 0.2) is 0 Å². The van der Waals surface area contributed by atoms with Crippen LogP contribution >= 0.6 is 0 Å². The molecule has 2 N–H and O–H groups in total. The molecule has 3 nitrogen and oxygen atoms in total. The minimum absolute atomic E-state index is 0.402. The lowest BCUT2D eigenvalue weighted by Gasteiger charge is -2.25. The van der Waals surface area contributed by atoms with E-state index >= 15 is 0 Å². The van der Waals surface area contributed by atoms with E-state index in [-0.39, 0.29) is 0 Å². The van der Waals surface area contributed by atoms with Gasteiger partial charge in [-0.1, -0.05) is 13.3 Å². The molecule has 0 aromatic rings. The summed E-state index contributed by atoms with van der Waals surface area (Å²) >= 11 is 0. The average molecular weight is 200 g/mol. The standard InChI is InChI=1S/C11H20O3/c1-3-9-4-5-11(7-9,10(13)14)6-8(2)12/h8-9,12H,3-7H2,1-2H3,(H,13,14). The van der Waals surface area contributed by atoms with Crippen molar-refractivity contribution in [1.29, 1.82) is 0 Å². The molecule has 1 aliphatic rings. The molecule has 0 aromatic heterocycles. The maximum Gasteiger partial charge on any atom is 0.309 e. The Morgan fingerprint density at radius 1 is 1.64 bits per heavy atom. The Morgan fingerprint density at radius 2 is 2.29 bits per heavy atom. The van der Waals surface area contributed by atoms with Gasteiger partial charge < -0.3 is 10.2 Å². The Bertz CT molecular complexity index is 213. The van der Waals surface area contributed by atoms with E-state index in [0.29, 0.717) is 12.3 Å². The molecule has 3 heteroatoms. The fourth-order valence-corrected chi connectivity index (χ4v) is 2.62. The normalized spacial score (nSPS) is 34.4. The molecule has 0 amide bonds. The van der Waals surface area contributed by atoms with E-state index in [2.05, 4.69) is 6.92 Å². The van der Waals surface area contributed by atoms with Gasteiger partial charge in [0.2, 0.25) is 0 Å². The molecule has 0 bridgehead atoms. The highest BCUT2D eigenvalue weighted by molar-refractivity contribution is 5.75. The van der Waals surface area contributed by atoms with Crippen LogP contribution in [0.5, 0.6) is 0 Å². The molecule has 14 heavy (non-hydrogen) atoms. The van der Waals surface area contributed by atoms with E-state index in [1.807, 2.05) is 0 Å². The molecule has 82 valence electrons. The van der Waals surface area contributed by atoms with Crippen LogP contribution in [0.2, 0.25) is 0 Å². The molecule has 1 aliphatic carbocycles. The van der Waals surface area contributed by atoms with Crippen molar-refractivity contribution in [2.24, 2.45) is 11.3 Å². The summed E-state index contributed by atoms with van der Waals surface area (Å²) in [6, 6.07) is 0. The first-order valence-corrected chi connectivity index (χ1v) is 5.41. The number of rotatable bonds is 4. The summed E-state index contributed by atoms with van der Waals surface area (Å²) in [5, 5.41) is 18.5. The van der Waals surface area contributed by atoms with Gasteiger partial charge in [0.25, 0.3) is 0 Å². The third kappa shape index (κ3) is 2.27. The Kier molecular flexibility index (Phi) is 3.53. The van der Waals surface area contributed by atoms with Crippen molar-refractivity contribution in [3.05, 3.63) is 0 Å². The molecular weight excluding hydrogens is 180 g/mol. The second-order valence-corrected chi connectivity index (χ2v) is 4.66. The lowest BCUT2D eigenvalue weighted by molar-refractivity contribution is -0.150. The Hall–Kier alpha value is -0.570. The number of carbonyl (C=O) groups is 1. The lowest BCUT2D eigenvalue weighted by atomic mass is 9.80. The molecule has 1 saturated carbocycles.